The molecule has 0 atom stereocenters. The van der Waals surface area contributed by atoms with Crippen molar-refractivity contribution < 1.29 is 4.74 Å². The van der Waals surface area contributed by atoms with Crippen molar-refractivity contribution in [2.75, 3.05) is 18.2 Å². The number of nitrogen functional groups attached to an aromatic ring is 1. The van der Waals surface area contributed by atoms with Crippen LogP contribution in [0.15, 0.2) is 72.9 Å². The van der Waals surface area contributed by atoms with Crippen molar-refractivity contribution in [3.05, 3.63) is 72.9 Å². The molecular formula is C20H18N4O. The highest BCUT2D eigenvalue weighted by Gasteiger charge is 2.08. The number of nitrogens with one attached hydrogen (secondary N) is 1. The fourth-order valence-electron chi connectivity index (χ4n) is 2.88. The van der Waals surface area contributed by atoms with Gasteiger partial charge in [-0.25, -0.2) is 4.98 Å². The number of methoxy groups -OCH3 is 1. The number of benzene rings is 2. The molecule has 5 heteroatoms. The van der Waals surface area contributed by atoms with Crippen LogP contribution in [0.25, 0.3) is 16.7 Å². The number of hydrogen-bond donors (Lipinski definition) is 2. The van der Waals surface area contributed by atoms with Crippen molar-refractivity contribution in [3.8, 4) is 11.6 Å². The SMILES string of the molecule is COc1ccc(Nc2cccc3c2ccn3-c2cccc(N)n2)cc1. The molecule has 0 aliphatic heterocycles. The molecule has 0 radical (unpaired) electrons. The van der Waals surface area contributed by atoms with Crippen LogP contribution in [0.2, 0.25) is 0 Å². The molecule has 3 N–H and O–H groups in total. The van der Waals surface area contributed by atoms with E-state index in [1.165, 1.54) is 0 Å². The monoisotopic (exact) mass is 330 g/mol. The molecule has 0 fully saturated rings. The quantitative estimate of drug-likeness (QED) is 0.583. The Labute approximate surface area is 145 Å². The van der Waals surface area contributed by atoms with E-state index in [-0.39, 0.29) is 0 Å². The van der Waals surface area contributed by atoms with Gasteiger partial charge in [-0.2, -0.15) is 0 Å². The molecule has 2 aromatic heterocycles. The lowest BCUT2D eigenvalue weighted by Gasteiger charge is -2.10. The van der Waals surface area contributed by atoms with Gasteiger partial charge in [-0.1, -0.05) is 12.1 Å². The van der Waals surface area contributed by atoms with E-state index in [9.17, 15) is 0 Å². The number of fused-ring (bicyclic) bond motifs is 1. The van der Waals surface area contributed by atoms with Gasteiger partial charge in [-0.15, -0.1) is 0 Å². The molecule has 0 saturated carbocycles. The standard InChI is InChI=1S/C20H18N4O/c1-25-15-10-8-14(9-11-15)22-17-4-2-5-18-16(17)12-13-24(18)20-7-3-6-19(21)23-20/h2-13,22H,1H3,(H2,21,23). The van der Waals surface area contributed by atoms with Gasteiger partial charge in [0.15, 0.2) is 0 Å². The number of nitrogens with two attached hydrogens (primary N) is 1. The number of ether oxygens (including phenoxy) is 1. The summed E-state index contributed by atoms with van der Waals surface area (Å²) in [4.78, 5) is 4.40. The third-order valence-corrected chi connectivity index (χ3v) is 4.10. The van der Waals surface area contributed by atoms with Crippen LogP contribution in [0.3, 0.4) is 0 Å². The summed E-state index contributed by atoms with van der Waals surface area (Å²) in [5.41, 5.74) is 8.92. The summed E-state index contributed by atoms with van der Waals surface area (Å²) in [6, 6.07) is 21.7. The van der Waals surface area contributed by atoms with Gasteiger partial charge in [0.05, 0.1) is 12.6 Å². The predicted molar refractivity (Wildman–Crippen MR) is 102 cm³/mol. The number of rotatable bonds is 4. The molecule has 4 rings (SSSR count). The Bertz CT molecular complexity index is 1020. The minimum Gasteiger partial charge on any atom is -0.497 e. The molecule has 25 heavy (non-hydrogen) atoms. The van der Waals surface area contributed by atoms with Crippen LogP contribution < -0.4 is 15.8 Å². The topological polar surface area (TPSA) is 65.1 Å². The van der Waals surface area contributed by atoms with Crippen molar-refractivity contribution >= 4 is 28.1 Å². The highest BCUT2D eigenvalue weighted by Crippen LogP contribution is 2.29. The lowest BCUT2D eigenvalue weighted by atomic mass is 10.2. The molecule has 2 heterocycles. The molecule has 4 aromatic rings. The molecule has 0 aliphatic carbocycles. The van der Waals surface area contributed by atoms with Gasteiger partial charge in [-0.3, -0.25) is 0 Å². The first-order valence-corrected chi connectivity index (χ1v) is 7.99. The van der Waals surface area contributed by atoms with E-state index < -0.39 is 0 Å². The summed E-state index contributed by atoms with van der Waals surface area (Å²) < 4.78 is 7.24. The first-order valence-electron chi connectivity index (χ1n) is 7.99. The highest BCUT2D eigenvalue weighted by molar-refractivity contribution is 5.95. The van der Waals surface area contributed by atoms with Crippen molar-refractivity contribution in [1.82, 2.24) is 9.55 Å². The zero-order chi connectivity index (χ0) is 17.2. The van der Waals surface area contributed by atoms with Crippen LogP contribution in [0.5, 0.6) is 5.75 Å². The van der Waals surface area contributed by atoms with Crippen LogP contribution in [0.4, 0.5) is 17.2 Å². The minimum atomic E-state index is 0.506. The zero-order valence-electron chi connectivity index (χ0n) is 13.8. The van der Waals surface area contributed by atoms with Gasteiger partial charge in [0.25, 0.3) is 0 Å². The number of pyridine rings is 1. The predicted octanol–water partition coefficient (Wildman–Crippen LogP) is 4.36. The van der Waals surface area contributed by atoms with Crippen LogP contribution in [0.1, 0.15) is 0 Å². The smallest absolute Gasteiger partial charge is 0.139 e. The van der Waals surface area contributed by atoms with E-state index in [1.807, 2.05) is 53.2 Å². The number of aromatic nitrogens is 2. The second-order valence-corrected chi connectivity index (χ2v) is 5.70. The molecule has 5 nitrogen and oxygen atoms in total. The Balaban J connectivity index is 1.73. The first kappa shape index (κ1) is 15.1. The van der Waals surface area contributed by atoms with E-state index >= 15 is 0 Å². The second-order valence-electron chi connectivity index (χ2n) is 5.70. The minimum absolute atomic E-state index is 0.506. The Morgan fingerprint density at radius 3 is 2.52 bits per heavy atom. The third kappa shape index (κ3) is 2.87. The summed E-state index contributed by atoms with van der Waals surface area (Å²) in [5, 5.41) is 4.57. The maximum absolute atomic E-state index is 5.82. The fraction of sp³-hybridized carbons (Fsp3) is 0.0500. The lowest BCUT2D eigenvalue weighted by molar-refractivity contribution is 0.415. The summed E-state index contributed by atoms with van der Waals surface area (Å²) in [7, 11) is 1.66. The molecule has 2 aromatic carbocycles. The first-order chi connectivity index (χ1) is 12.2. The third-order valence-electron chi connectivity index (χ3n) is 4.10. The van der Waals surface area contributed by atoms with E-state index in [4.69, 9.17) is 10.5 Å². The maximum Gasteiger partial charge on any atom is 0.139 e. The molecular weight excluding hydrogens is 312 g/mol. The lowest BCUT2D eigenvalue weighted by Crippen LogP contribution is -1.99. The summed E-state index contributed by atoms with van der Waals surface area (Å²) >= 11 is 0. The van der Waals surface area contributed by atoms with E-state index in [0.29, 0.717) is 5.82 Å². The van der Waals surface area contributed by atoms with Crippen molar-refractivity contribution in [2.24, 2.45) is 0 Å². The molecule has 0 bridgehead atoms. The van der Waals surface area contributed by atoms with Gasteiger partial charge < -0.3 is 20.4 Å². The summed E-state index contributed by atoms with van der Waals surface area (Å²) in [6.07, 6.45) is 2.01. The van der Waals surface area contributed by atoms with Gasteiger partial charge in [0.2, 0.25) is 0 Å². The largest absolute Gasteiger partial charge is 0.497 e. The highest BCUT2D eigenvalue weighted by atomic mass is 16.5. The number of hydrogen-bond acceptors (Lipinski definition) is 4. The Morgan fingerprint density at radius 2 is 1.76 bits per heavy atom. The van der Waals surface area contributed by atoms with E-state index in [2.05, 4.69) is 28.5 Å². The van der Waals surface area contributed by atoms with E-state index in [0.717, 1.165) is 33.8 Å². The molecule has 0 spiro atoms. The van der Waals surface area contributed by atoms with Crippen LogP contribution in [-0.4, -0.2) is 16.7 Å². The fourth-order valence-corrected chi connectivity index (χ4v) is 2.88. The van der Waals surface area contributed by atoms with E-state index in [1.54, 1.807) is 13.2 Å². The Morgan fingerprint density at radius 1 is 0.960 bits per heavy atom. The Hall–Kier alpha value is -3.47. The van der Waals surface area contributed by atoms with Crippen molar-refractivity contribution in [3.63, 3.8) is 0 Å². The number of anilines is 3. The van der Waals surface area contributed by atoms with Gasteiger partial charge in [0, 0.05) is 23.0 Å². The molecule has 0 aliphatic rings. The van der Waals surface area contributed by atoms with Crippen molar-refractivity contribution in [1.29, 1.82) is 0 Å². The average Bonchev–Trinajstić information content (AvgIpc) is 3.07. The van der Waals surface area contributed by atoms with Crippen molar-refractivity contribution in [2.45, 2.75) is 0 Å². The average molecular weight is 330 g/mol. The maximum atomic E-state index is 5.82. The molecule has 0 amide bonds. The second kappa shape index (κ2) is 6.20. The van der Waals surface area contributed by atoms with Crippen LogP contribution in [0, 0.1) is 0 Å². The molecule has 0 saturated heterocycles. The Kier molecular flexibility index (Phi) is 3.74. The van der Waals surface area contributed by atoms with Crippen LogP contribution in [-0.2, 0) is 0 Å². The molecule has 0 unspecified atom stereocenters. The van der Waals surface area contributed by atoms with Gasteiger partial charge >= 0.3 is 0 Å². The van der Waals surface area contributed by atoms with Gasteiger partial charge in [0.1, 0.15) is 17.4 Å². The van der Waals surface area contributed by atoms with Crippen LogP contribution >= 0.6 is 0 Å². The normalized spacial score (nSPS) is 10.8. The molecule has 124 valence electrons. The number of nitrogens with zero attached hydrogens (tertiary/aromatic N) is 2. The van der Waals surface area contributed by atoms with Gasteiger partial charge in [-0.05, 0) is 54.6 Å². The zero-order valence-corrected chi connectivity index (χ0v) is 13.8. The summed E-state index contributed by atoms with van der Waals surface area (Å²) in [6.45, 7) is 0. The summed E-state index contributed by atoms with van der Waals surface area (Å²) in [5.74, 6) is 2.14.